The van der Waals surface area contributed by atoms with Crippen molar-refractivity contribution in [3.63, 3.8) is 0 Å². The Balaban J connectivity index is 2.57. The first-order valence-electron chi connectivity index (χ1n) is 8.12. The Bertz CT molecular complexity index is 498. The number of nitrogens with zero attached hydrogens (tertiary/aromatic N) is 1. The van der Waals surface area contributed by atoms with Gasteiger partial charge in [0, 0.05) is 12.6 Å². The lowest BCUT2D eigenvalue weighted by Crippen LogP contribution is -2.42. The van der Waals surface area contributed by atoms with E-state index < -0.39 is 0 Å². The Hall–Kier alpha value is -2.04. The smallest absolute Gasteiger partial charge is 0.307 e. The van der Waals surface area contributed by atoms with Gasteiger partial charge >= 0.3 is 5.97 Å². The Morgan fingerprint density at radius 1 is 1.17 bits per heavy atom. The zero-order chi connectivity index (χ0) is 17.2. The second kappa shape index (κ2) is 9.87. The van der Waals surface area contributed by atoms with E-state index in [2.05, 4.69) is 0 Å². The van der Waals surface area contributed by atoms with E-state index in [9.17, 15) is 9.59 Å². The Labute approximate surface area is 138 Å². The summed E-state index contributed by atoms with van der Waals surface area (Å²) in [6, 6.07) is 7.61. The van der Waals surface area contributed by atoms with Gasteiger partial charge in [0.2, 0.25) is 0 Å². The van der Waals surface area contributed by atoms with Crippen LogP contribution in [0.3, 0.4) is 0 Å². The molecule has 0 N–H and O–H groups in total. The van der Waals surface area contributed by atoms with E-state index in [4.69, 9.17) is 9.47 Å². The first-order valence-corrected chi connectivity index (χ1v) is 8.12. The maximum absolute atomic E-state index is 12.4. The molecule has 5 nitrogen and oxygen atoms in total. The molecule has 1 aromatic rings. The van der Waals surface area contributed by atoms with Crippen molar-refractivity contribution in [1.29, 1.82) is 0 Å². The predicted molar refractivity (Wildman–Crippen MR) is 89.4 cm³/mol. The van der Waals surface area contributed by atoms with Gasteiger partial charge in [0.05, 0.1) is 13.0 Å². The lowest BCUT2D eigenvalue weighted by atomic mass is 10.2. The largest absolute Gasteiger partial charge is 0.484 e. The van der Waals surface area contributed by atoms with Crippen LogP contribution in [-0.2, 0) is 14.3 Å². The molecular formula is C18H27NO4. The number of amides is 1. The second-order valence-corrected chi connectivity index (χ2v) is 5.50. The summed E-state index contributed by atoms with van der Waals surface area (Å²) < 4.78 is 10.5. The van der Waals surface area contributed by atoms with Crippen molar-refractivity contribution in [3.8, 4) is 5.75 Å². The minimum absolute atomic E-state index is 0.0315. The van der Waals surface area contributed by atoms with Crippen LogP contribution >= 0.6 is 0 Å². The third-order valence-corrected chi connectivity index (χ3v) is 3.69. The number of carbonyl (C=O) groups excluding carboxylic acids is 2. The molecule has 0 aliphatic heterocycles. The number of carbonyl (C=O) groups is 2. The average Bonchev–Trinajstić information content (AvgIpc) is 2.54. The quantitative estimate of drug-likeness (QED) is 0.656. The third-order valence-electron chi connectivity index (χ3n) is 3.69. The lowest BCUT2D eigenvalue weighted by molar-refractivity contribution is -0.144. The molecule has 0 heterocycles. The van der Waals surface area contributed by atoms with Gasteiger partial charge in [0.15, 0.2) is 6.61 Å². The fourth-order valence-corrected chi connectivity index (χ4v) is 2.12. The van der Waals surface area contributed by atoms with Crippen molar-refractivity contribution >= 4 is 11.9 Å². The maximum atomic E-state index is 12.4. The summed E-state index contributed by atoms with van der Waals surface area (Å²) in [6.45, 7) is 8.41. The van der Waals surface area contributed by atoms with Crippen LogP contribution in [0.5, 0.6) is 5.75 Å². The van der Waals surface area contributed by atoms with Crippen molar-refractivity contribution in [2.75, 3.05) is 19.8 Å². The molecule has 0 bridgehead atoms. The maximum Gasteiger partial charge on any atom is 0.307 e. The van der Waals surface area contributed by atoms with Crippen LogP contribution in [0.25, 0.3) is 0 Å². The Morgan fingerprint density at radius 3 is 2.39 bits per heavy atom. The zero-order valence-electron chi connectivity index (χ0n) is 14.5. The van der Waals surface area contributed by atoms with Crippen molar-refractivity contribution in [2.24, 2.45) is 0 Å². The SMILES string of the molecule is CCOC(=O)CCN(C(=O)COc1ccc(C)cc1)C(C)CC. The highest BCUT2D eigenvalue weighted by Gasteiger charge is 2.20. The summed E-state index contributed by atoms with van der Waals surface area (Å²) in [5.74, 6) is 0.260. The number of ether oxygens (including phenoxy) is 2. The van der Waals surface area contributed by atoms with Gasteiger partial charge < -0.3 is 14.4 Å². The van der Waals surface area contributed by atoms with Gasteiger partial charge in [-0.05, 0) is 39.3 Å². The summed E-state index contributed by atoms with van der Waals surface area (Å²) in [6.07, 6.45) is 1.02. The normalized spacial score (nSPS) is 11.7. The van der Waals surface area contributed by atoms with Gasteiger partial charge in [0.1, 0.15) is 5.75 Å². The van der Waals surface area contributed by atoms with Crippen LogP contribution in [0.4, 0.5) is 0 Å². The van der Waals surface area contributed by atoms with Gasteiger partial charge in [-0.2, -0.15) is 0 Å². The summed E-state index contributed by atoms with van der Waals surface area (Å²) in [5, 5.41) is 0. The molecular weight excluding hydrogens is 294 g/mol. The van der Waals surface area contributed by atoms with Crippen LogP contribution in [0.15, 0.2) is 24.3 Å². The van der Waals surface area contributed by atoms with E-state index in [1.807, 2.05) is 45.0 Å². The van der Waals surface area contributed by atoms with Gasteiger partial charge in [-0.3, -0.25) is 9.59 Å². The number of hydrogen-bond donors (Lipinski definition) is 0. The molecule has 23 heavy (non-hydrogen) atoms. The Kier molecular flexibility index (Phi) is 8.16. The first-order chi connectivity index (χ1) is 11.0. The molecule has 1 rings (SSSR count). The standard InChI is InChI=1S/C18H27NO4/c1-5-15(4)19(12-11-18(21)22-6-2)17(20)13-23-16-9-7-14(3)8-10-16/h7-10,15H,5-6,11-13H2,1-4H3. The molecule has 0 spiro atoms. The summed E-state index contributed by atoms with van der Waals surface area (Å²) in [4.78, 5) is 25.6. The highest BCUT2D eigenvalue weighted by Crippen LogP contribution is 2.12. The van der Waals surface area contributed by atoms with Gasteiger partial charge in [-0.25, -0.2) is 0 Å². The molecule has 0 aliphatic rings. The van der Waals surface area contributed by atoms with Crippen LogP contribution in [0.2, 0.25) is 0 Å². The minimum atomic E-state index is -0.284. The Morgan fingerprint density at radius 2 is 1.83 bits per heavy atom. The topological polar surface area (TPSA) is 55.8 Å². The molecule has 5 heteroatoms. The fourth-order valence-electron chi connectivity index (χ4n) is 2.12. The summed E-state index contributed by atoms with van der Waals surface area (Å²) in [5.41, 5.74) is 1.14. The molecule has 0 fully saturated rings. The van der Waals surface area contributed by atoms with Gasteiger partial charge in [-0.15, -0.1) is 0 Å². The number of hydrogen-bond acceptors (Lipinski definition) is 4. The van der Waals surface area contributed by atoms with E-state index in [1.54, 1.807) is 11.8 Å². The van der Waals surface area contributed by atoms with Gasteiger partial charge in [0.25, 0.3) is 5.91 Å². The minimum Gasteiger partial charge on any atom is -0.484 e. The number of rotatable bonds is 9. The highest BCUT2D eigenvalue weighted by atomic mass is 16.5. The van der Waals surface area contributed by atoms with E-state index in [-0.39, 0.29) is 30.9 Å². The van der Waals surface area contributed by atoms with E-state index in [1.165, 1.54) is 0 Å². The van der Waals surface area contributed by atoms with E-state index >= 15 is 0 Å². The number of aryl methyl sites for hydroxylation is 1. The van der Waals surface area contributed by atoms with Crippen molar-refractivity contribution in [1.82, 2.24) is 4.90 Å². The lowest BCUT2D eigenvalue weighted by Gasteiger charge is -2.28. The molecule has 1 aromatic carbocycles. The predicted octanol–water partition coefficient (Wildman–Crippen LogP) is 2.95. The summed E-state index contributed by atoms with van der Waals surface area (Å²) in [7, 11) is 0. The average molecular weight is 321 g/mol. The molecule has 1 unspecified atom stereocenters. The van der Waals surface area contributed by atoms with Crippen molar-refractivity contribution in [2.45, 2.75) is 46.6 Å². The molecule has 0 radical (unpaired) electrons. The molecule has 0 aromatic heterocycles. The van der Waals surface area contributed by atoms with Crippen molar-refractivity contribution in [3.05, 3.63) is 29.8 Å². The highest BCUT2D eigenvalue weighted by molar-refractivity contribution is 5.79. The number of benzene rings is 1. The molecule has 1 amide bonds. The van der Waals surface area contributed by atoms with Crippen LogP contribution in [0.1, 0.15) is 39.2 Å². The molecule has 1 atom stereocenters. The second-order valence-electron chi connectivity index (χ2n) is 5.50. The first kappa shape index (κ1) is 19.0. The van der Waals surface area contributed by atoms with Crippen LogP contribution in [0, 0.1) is 6.92 Å². The van der Waals surface area contributed by atoms with E-state index in [0.717, 1.165) is 12.0 Å². The molecule has 128 valence electrons. The summed E-state index contributed by atoms with van der Waals surface area (Å²) >= 11 is 0. The molecule has 0 saturated heterocycles. The monoisotopic (exact) mass is 321 g/mol. The zero-order valence-corrected chi connectivity index (χ0v) is 14.5. The third kappa shape index (κ3) is 6.72. The van der Waals surface area contributed by atoms with Crippen LogP contribution < -0.4 is 4.74 Å². The number of esters is 1. The fraction of sp³-hybridized carbons (Fsp3) is 0.556. The van der Waals surface area contributed by atoms with E-state index in [0.29, 0.717) is 18.9 Å². The van der Waals surface area contributed by atoms with Crippen molar-refractivity contribution < 1.29 is 19.1 Å². The molecule has 0 aliphatic carbocycles. The van der Waals surface area contributed by atoms with Crippen LogP contribution in [-0.4, -0.2) is 42.6 Å². The van der Waals surface area contributed by atoms with Gasteiger partial charge in [-0.1, -0.05) is 24.6 Å². The molecule has 0 saturated carbocycles.